The van der Waals surface area contributed by atoms with E-state index in [-0.39, 0.29) is 30.9 Å². The highest BCUT2D eigenvalue weighted by Crippen LogP contribution is 2.28. The predicted octanol–water partition coefficient (Wildman–Crippen LogP) is 2.35. The van der Waals surface area contributed by atoms with Crippen molar-refractivity contribution in [3.8, 4) is 5.75 Å². The van der Waals surface area contributed by atoms with Crippen LogP contribution in [0.1, 0.15) is 16.1 Å². The summed E-state index contributed by atoms with van der Waals surface area (Å²) in [5, 5.41) is 12.0. The number of aromatic nitrogens is 1. The molecule has 0 radical (unpaired) electrons. The molecule has 3 rings (SSSR count). The number of aliphatic hydroxyl groups excluding tert-OH is 1. The van der Waals surface area contributed by atoms with Gasteiger partial charge in [-0.1, -0.05) is 30.3 Å². The molecule has 0 spiro atoms. The van der Waals surface area contributed by atoms with Gasteiger partial charge >= 0.3 is 0 Å². The highest BCUT2D eigenvalue weighted by molar-refractivity contribution is 7.99. The molecule has 7 nitrogen and oxygen atoms in total. The van der Waals surface area contributed by atoms with Gasteiger partial charge in [0.1, 0.15) is 24.3 Å². The summed E-state index contributed by atoms with van der Waals surface area (Å²) in [4.78, 5) is 26.9. The van der Waals surface area contributed by atoms with Gasteiger partial charge in [0.15, 0.2) is 0 Å². The zero-order valence-corrected chi connectivity index (χ0v) is 16.6. The first-order valence-electron chi connectivity index (χ1n) is 9.15. The van der Waals surface area contributed by atoms with E-state index in [4.69, 9.17) is 15.6 Å². The van der Waals surface area contributed by atoms with Gasteiger partial charge in [-0.25, -0.2) is 0 Å². The molecule has 0 aliphatic rings. The fourth-order valence-corrected chi connectivity index (χ4v) is 3.70. The van der Waals surface area contributed by atoms with Crippen LogP contribution in [-0.4, -0.2) is 47.3 Å². The maximum atomic E-state index is 12.5. The Balaban J connectivity index is 1.61. The van der Waals surface area contributed by atoms with E-state index < -0.39 is 0 Å². The normalized spacial score (nSPS) is 11.9. The average Bonchev–Trinajstić information content (AvgIpc) is 3.18. The van der Waals surface area contributed by atoms with E-state index >= 15 is 0 Å². The van der Waals surface area contributed by atoms with E-state index in [9.17, 15) is 9.59 Å². The molecule has 0 saturated heterocycles. The van der Waals surface area contributed by atoms with Crippen LogP contribution in [-0.2, 0) is 10.5 Å². The van der Waals surface area contributed by atoms with Crippen LogP contribution in [0.15, 0.2) is 48.5 Å². The third-order valence-corrected chi connectivity index (χ3v) is 5.47. The Morgan fingerprint density at radius 3 is 2.79 bits per heavy atom. The van der Waals surface area contributed by atoms with E-state index in [1.165, 1.54) is 11.8 Å². The van der Waals surface area contributed by atoms with E-state index in [0.717, 1.165) is 17.2 Å². The van der Waals surface area contributed by atoms with Crippen LogP contribution in [0.3, 0.4) is 0 Å². The standard InChI is InChI=1S/C21H23N3O4S/c22-18-10-16(28-7-6-25)8-15-9-19(24-20(15)18)21(27)23-11-17(12-26)29-13-14-4-2-1-3-5-14/h1-5,8-10,12,17,24-25H,6-7,11,13,22H2,(H,23,27). The van der Waals surface area contributed by atoms with E-state index in [1.54, 1.807) is 18.2 Å². The highest BCUT2D eigenvalue weighted by Gasteiger charge is 2.15. The quantitative estimate of drug-likeness (QED) is 0.299. The second kappa shape index (κ2) is 9.99. The zero-order chi connectivity index (χ0) is 20.6. The Morgan fingerprint density at radius 2 is 2.07 bits per heavy atom. The van der Waals surface area contributed by atoms with Gasteiger partial charge < -0.3 is 30.7 Å². The maximum absolute atomic E-state index is 12.5. The van der Waals surface area contributed by atoms with Crippen molar-refractivity contribution in [1.29, 1.82) is 0 Å². The lowest BCUT2D eigenvalue weighted by atomic mass is 10.2. The molecule has 0 bridgehead atoms. The second-order valence-electron chi connectivity index (χ2n) is 6.41. The number of hydrogen-bond acceptors (Lipinski definition) is 6. The van der Waals surface area contributed by atoms with Crippen molar-refractivity contribution in [3.63, 3.8) is 0 Å². The first-order chi connectivity index (χ1) is 14.1. The molecule has 1 unspecified atom stereocenters. The SMILES string of the molecule is Nc1cc(OCCO)cc2cc(C(=O)NCC(C=O)SCc3ccccc3)[nH]c12. The number of aromatic amines is 1. The van der Waals surface area contributed by atoms with Crippen molar-refractivity contribution in [3.05, 3.63) is 59.8 Å². The van der Waals surface area contributed by atoms with Crippen molar-refractivity contribution in [2.24, 2.45) is 0 Å². The van der Waals surface area contributed by atoms with E-state index in [0.29, 0.717) is 28.4 Å². The lowest BCUT2D eigenvalue weighted by Gasteiger charge is -2.11. The van der Waals surface area contributed by atoms with Gasteiger partial charge in [-0.3, -0.25) is 4.79 Å². The summed E-state index contributed by atoms with van der Waals surface area (Å²) < 4.78 is 5.38. The van der Waals surface area contributed by atoms with Crippen molar-refractivity contribution in [2.45, 2.75) is 11.0 Å². The minimum absolute atomic E-state index is 0.0983. The van der Waals surface area contributed by atoms with E-state index in [1.807, 2.05) is 30.3 Å². The number of fused-ring (bicyclic) bond motifs is 1. The average molecular weight is 413 g/mol. The van der Waals surface area contributed by atoms with Crippen molar-refractivity contribution >= 4 is 40.5 Å². The second-order valence-corrected chi connectivity index (χ2v) is 7.64. The molecule has 0 aliphatic heterocycles. The van der Waals surface area contributed by atoms with Gasteiger partial charge in [-0.05, 0) is 17.7 Å². The number of hydrogen-bond donors (Lipinski definition) is 4. The van der Waals surface area contributed by atoms with Crippen LogP contribution in [0.5, 0.6) is 5.75 Å². The molecule has 152 valence electrons. The number of nitrogens with one attached hydrogen (secondary N) is 2. The molecule has 1 aromatic heterocycles. The molecule has 1 atom stereocenters. The van der Waals surface area contributed by atoms with Gasteiger partial charge in [0.2, 0.25) is 0 Å². The van der Waals surface area contributed by atoms with Gasteiger partial charge in [0.25, 0.3) is 5.91 Å². The number of thioether (sulfide) groups is 1. The number of aldehydes is 1. The number of amides is 1. The van der Waals surface area contributed by atoms with Crippen LogP contribution in [0.25, 0.3) is 10.9 Å². The van der Waals surface area contributed by atoms with Crippen molar-refractivity contribution in [1.82, 2.24) is 10.3 Å². The molecule has 0 aliphatic carbocycles. The predicted molar refractivity (Wildman–Crippen MR) is 115 cm³/mol. The summed E-state index contributed by atoms with van der Waals surface area (Å²) in [6.07, 6.45) is 0.849. The number of nitrogens with two attached hydrogens (primary N) is 1. The van der Waals surface area contributed by atoms with Crippen LogP contribution >= 0.6 is 11.8 Å². The van der Waals surface area contributed by atoms with Crippen molar-refractivity contribution in [2.75, 3.05) is 25.5 Å². The molecule has 2 aromatic carbocycles. The lowest BCUT2D eigenvalue weighted by Crippen LogP contribution is -2.31. The molecule has 5 N–H and O–H groups in total. The fraction of sp³-hybridized carbons (Fsp3) is 0.238. The topological polar surface area (TPSA) is 117 Å². The lowest BCUT2D eigenvalue weighted by molar-refractivity contribution is -0.107. The fourth-order valence-electron chi connectivity index (χ4n) is 2.83. The number of benzene rings is 2. The zero-order valence-electron chi connectivity index (χ0n) is 15.8. The maximum Gasteiger partial charge on any atom is 0.267 e. The number of rotatable bonds is 10. The molecule has 0 saturated carbocycles. The van der Waals surface area contributed by atoms with Gasteiger partial charge in [0, 0.05) is 23.8 Å². The van der Waals surface area contributed by atoms with Crippen LogP contribution < -0.4 is 15.8 Å². The molecule has 8 heteroatoms. The third-order valence-electron chi connectivity index (χ3n) is 4.26. The van der Waals surface area contributed by atoms with Crippen LogP contribution in [0, 0.1) is 0 Å². The van der Waals surface area contributed by atoms with Gasteiger partial charge in [-0.15, -0.1) is 11.8 Å². The number of aliphatic hydroxyl groups is 1. The monoisotopic (exact) mass is 413 g/mol. The summed E-state index contributed by atoms with van der Waals surface area (Å²) in [5.74, 6) is 0.901. The van der Waals surface area contributed by atoms with Gasteiger partial charge in [-0.2, -0.15) is 0 Å². The Morgan fingerprint density at radius 1 is 1.28 bits per heavy atom. The van der Waals surface area contributed by atoms with Crippen LogP contribution in [0.2, 0.25) is 0 Å². The Bertz CT molecular complexity index is 975. The third kappa shape index (κ3) is 5.52. The number of nitrogen functional groups attached to an aromatic ring is 1. The highest BCUT2D eigenvalue weighted by atomic mass is 32.2. The number of carbonyl (C=O) groups is 2. The van der Waals surface area contributed by atoms with E-state index in [2.05, 4.69) is 10.3 Å². The Kier molecular flexibility index (Phi) is 7.15. The largest absolute Gasteiger partial charge is 0.491 e. The number of ether oxygens (including phenoxy) is 1. The molecule has 29 heavy (non-hydrogen) atoms. The number of H-pyrrole nitrogens is 1. The molecular weight excluding hydrogens is 390 g/mol. The Labute approximate surface area is 172 Å². The number of carbonyl (C=O) groups excluding carboxylic acids is 2. The molecule has 3 aromatic rings. The Hall–Kier alpha value is -2.97. The molecule has 0 fully saturated rings. The number of anilines is 1. The molecule has 1 heterocycles. The van der Waals surface area contributed by atoms with Crippen molar-refractivity contribution < 1.29 is 19.4 Å². The van der Waals surface area contributed by atoms with Gasteiger partial charge in [0.05, 0.1) is 23.1 Å². The molecular formula is C21H23N3O4S. The summed E-state index contributed by atoms with van der Waals surface area (Å²) in [6.45, 7) is 0.297. The summed E-state index contributed by atoms with van der Waals surface area (Å²) in [6, 6.07) is 14.9. The minimum Gasteiger partial charge on any atom is -0.491 e. The summed E-state index contributed by atoms with van der Waals surface area (Å²) >= 11 is 1.48. The minimum atomic E-state index is -0.341. The van der Waals surface area contributed by atoms with Crippen LogP contribution in [0.4, 0.5) is 5.69 Å². The summed E-state index contributed by atoms with van der Waals surface area (Å²) in [5.41, 5.74) is 8.58. The smallest absolute Gasteiger partial charge is 0.267 e. The first kappa shape index (κ1) is 20.8. The first-order valence-corrected chi connectivity index (χ1v) is 10.2. The summed E-state index contributed by atoms with van der Waals surface area (Å²) in [7, 11) is 0. The molecule has 1 amide bonds.